The van der Waals surface area contributed by atoms with Gasteiger partial charge >= 0.3 is 0 Å². The second-order valence-electron chi connectivity index (χ2n) is 3.22. The third kappa shape index (κ3) is 2.12. The zero-order chi connectivity index (χ0) is 10.7. The molecule has 0 aliphatic rings. The number of nitrogens with two attached hydrogens (primary N) is 1. The van der Waals surface area contributed by atoms with Gasteiger partial charge in [0.1, 0.15) is 0 Å². The summed E-state index contributed by atoms with van der Waals surface area (Å²) in [4.78, 5) is 0. The zero-order valence-electron chi connectivity index (χ0n) is 8.38. The SMILES string of the molecule is C=C(C)C(N)c1ccc(F)c(OC)c1. The second-order valence-corrected chi connectivity index (χ2v) is 3.22. The average molecular weight is 195 g/mol. The highest BCUT2D eigenvalue weighted by Crippen LogP contribution is 2.24. The first-order valence-corrected chi connectivity index (χ1v) is 4.30. The average Bonchev–Trinajstić information content (AvgIpc) is 2.17. The van der Waals surface area contributed by atoms with Crippen molar-refractivity contribution >= 4 is 0 Å². The number of hydrogen-bond acceptors (Lipinski definition) is 2. The Labute approximate surface area is 83.2 Å². The van der Waals surface area contributed by atoms with E-state index in [4.69, 9.17) is 10.5 Å². The maximum Gasteiger partial charge on any atom is 0.165 e. The summed E-state index contributed by atoms with van der Waals surface area (Å²) in [7, 11) is 1.43. The van der Waals surface area contributed by atoms with E-state index in [-0.39, 0.29) is 17.6 Å². The summed E-state index contributed by atoms with van der Waals surface area (Å²) in [5.41, 5.74) is 7.47. The fourth-order valence-corrected chi connectivity index (χ4v) is 1.15. The van der Waals surface area contributed by atoms with Crippen LogP contribution in [0.3, 0.4) is 0 Å². The molecule has 1 unspecified atom stereocenters. The van der Waals surface area contributed by atoms with Gasteiger partial charge in [-0.3, -0.25) is 0 Å². The van der Waals surface area contributed by atoms with Gasteiger partial charge < -0.3 is 10.5 Å². The molecule has 0 fully saturated rings. The van der Waals surface area contributed by atoms with E-state index in [0.717, 1.165) is 11.1 Å². The summed E-state index contributed by atoms with van der Waals surface area (Å²) in [6, 6.07) is 4.30. The van der Waals surface area contributed by atoms with Crippen molar-refractivity contribution in [3.05, 3.63) is 41.7 Å². The predicted molar refractivity (Wildman–Crippen MR) is 54.7 cm³/mol. The molecule has 0 heterocycles. The first kappa shape index (κ1) is 10.7. The number of methoxy groups -OCH3 is 1. The number of halogens is 1. The Morgan fingerprint density at radius 3 is 2.71 bits per heavy atom. The van der Waals surface area contributed by atoms with E-state index in [1.165, 1.54) is 13.2 Å². The van der Waals surface area contributed by atoms with Crippen LogP contribution in [0.25, 0.3) is 0 Å². The number of ether oxygens (including phenoxy) is 1. The van der Waals surface area contributed by atoms with E-state index in [9.17, 15) is 4.39 Å². The van der Waals surface area contributed by atoms with Crippen LogP contribution in [-0.4, -0.2) is 7.11 Å². The molecule has 76 valence electrons. The molecule has 0 amide bonds. The molecule has 2 nitrogen and oxygen atoms in total. The van der Waals surface area contributed by atoms with Crippen LogP contribution in [0.4, 0.5) is 4.39 Å². The molecule has 0 saturated heterocycles. The van der Waals surface area contributed by atoms with Crippen LogP contribution in [0.5, 0.6) is 5.75 Å². The molecule has 0 spiro atoms. The van der Waals surface area contributed by atoms with Crippen molar-refractivity contribution in [2.24, 2.45) is 5.73 Å². The Bertz CT molecular complexity index is 349. The van der Waals surface area contributed by atoms with Crippen molar-refractivity contribution in [2.75, 3.05) is 7.11 Å². The van der Waals surface area contributed by atoms with Gasteiger partial charge in [0.05, 0.1) is 13.2 Å². The standard InChI is InChI=1S/C11H14FNO/c1-7(2)11(13)8-4-5-9(12)10(6-8)14-3/h4-6,11H,1,13H2,2-3H3. The molecule has 0 aliphatic heterocycles. The van der Waals surface area contributed by atoms with Crippen molar-refractivity contribution < 1.29 is 9.13 Å². The fourth-order valence-electron chi connectivity index (χ4n) is 1.15. The largest absolute Gasteiger partial charge is 0.494 e. The third-order valence-electron chi connectivity index (χ3n) is 2.07. The van der Waals surface area contributed by atoms with E-state index in [1.807, 2.05) is 6.92 Å². The summed E-state index contributed by atoms with van der Waals surface area (Å²) in [5, 5.41) is 0. The van der Waals surface area contributed by atoms with Crippen LogP contribution in [0, 0.1) is 5.82 Å². The van der Waals surface area contributed by atoms with Crippen molar-refractivity contribution in [2.45, 2.75) is 13.0 Å². The highest BCUT2D eigenvalue weighted by atomic mass is 19.1. The monoisotopic (exact) mass is 195 g/mol. The number of benzene rings is 1. The van der Waals surface area contributed by atoms with E-state index >= 15 is 0 Å². The number of hydrogen-bond donors (Lipinski definition) is 1. The van der Waals surface area contributed by atoms with E-state index in [0.29, 0.717) is 0 Å². The van der Waals surface area contributed by atoms with Crippen LogP contribution < -0.4 is 10.5 Å². The number of rotatable bonds is 3. The molecule has 1 rings (SSSR count). The van der Waals surface area contributed by atoms with Gasteiger partial charge in [0, 0.05) is 0 Å². The Balaban J connectivity index is 3.06. The molecular weight excluding hydrogens is 181 g/mol. The smallest absolute Gasteiger partial charge is 0.165 e. The van der Waals surface area contributed by atoms with Gasteiger partial charge in [-0.15, -0.1) is 0 Å². The first-order valence-electron chi connectivity index (χ1n) is 4.30. The van der Waals surface area contributed by atoms with Gasteiger partial charge in [0.2, 0.25) is 0 Å². The van der Waals surface area contributed by atoms with E-state index in [2.05, 4.69) is 6.58 Å². The molecule has 2 N–H and O–H groups in total. The molecule has 1 aromatic carbocycles. The lowest BCUT2D eigenvalue weighted by Gasteiger charge is -2.12. The summed E-state index contributed by atoms with van der Waals surface area (Å²) < 4.78 is 17.9. The van der Waals surface area contributed by atoms with E-state index < -0.39 is 0 Å². The van der Waals surface area contributed by atoms with Crippen LogP contribution in [0.1, 0.15) is 18.5 Å². The summed E-state index contributed by atoms with van der Waals surface area (Å²) in [6.45, 7) is 5.58. The molecule has 0 aliphatic carbocycles. The second kappa shape index (κ2) is 4.24. The molecule has 0 aromatic heterocycles. The minimum atomic E-state index is -0.384. The summed E-state index contributed by atoms with van der Waals surface area (Å²) in [5.74, 6) is -0.177. The first-order chi connectivity index (χ1) is 6.56. The lowest BCUT2D eigenvalue weighted by molar-refractivity contribution is 0.385. The fraction of sp³-hybridized carbons (Fsp3) is 0.273. The molecule has 3 heteroatoms. The van der Waals surface area contributed by atoms with Crippen molar-refractivity contribution in [1.82, 2.24) is 0 Å². The van der Waals surface area contributed by atoms with Crippen LogP contribution in [0.2, 0.25) is 0 Å². The highest BCUT2D eigenvalue weighted by molar-refractivity contribution is 5.34. The maximum atomic E-state index is 13.0. The van der Waals surface area contributed by atoms with Crippen molar-refractivity contribution in [3.8, 4) is 5.75 Å². The molecule has 14 heavy (non-hydrogen) atoms. The maximum absolute atomic E-state index is 13.0. The molecule has 0 bridgehead atoms. The topological polar surface area (TPSA) is 35.2 Å². The van der Waals surface area contributed by atoms with Crippen LogP contribution in [-0.2, 0) is 0 Å². The molecular formula is C11H14FNO. The minimum absolute atomic E-state index is 0.208. The molecule has 1 atom stereocenters. The van der Waals surface area contributed by atoms with Gasteiger partial charge in [0.25, 0.3) is 0 Å². The molecule has 0 radical (unpaired) electrons. The van der Waals surface area contributed by atoms with Crippen LogP contribution >= 0.6 is 0 Å². The Morgan fingerprint density at radius 1 is 1.57 bits per heavy atom. The lowest BCUT2D eigenvalue weighted by Crippen LogP contribution is -2.11. The summed E-state index contributed by atoms with van der Waals surface area (Å²) in [6.07, 6.45) is 0. The van der Waals surface area contributed by atoms with Gasteiger partial charge in [-0.05, 0) is 24.6 Å². The quantitative estimate of drug-likeness (QED) is 0.752. The molecule has 1 aromatic rings. The summed E-state index contributed by atoms with van der Waals surface area (Å²) >= 11 is 0. The Morgan fingerprint density at radius 2 is 2.21 bits per heavy atom. The van der Waals surface area contributed by atoms with Crippen molar-refractivity contribution in [1.29, 1.82) is 0 Å². The minimum Gasteiger partial charge on any atom is -0.494 e. The third-order valence-corrected chi connectivity index (χ3v) is 2.07. The van der Waals surface area contributed by atoms with Gasteiger partial charge in [0.15, 0.2) is 11.6 Å². The van der Waals surface area contributed by atoms with Gasteiger partial charge in [-0.25, -0.2) is 4.39 Å². The van der Waals surface area contributed by atoms with E-state index in [1.54, 1.807) is 12.1 Å². The van der Waals surface area contributed by atoms with Gasteiger partial charge in [-0.1, -0.05) is 18.2 Å². The van der Waals surface area contributed by atoms with Gasteiger partial charge in [-0.2, -0.15) is 0 Å². The normalized spacial score (nSPS) is 12.3. The highest BCUT2D eigenvalue weighted by Gasteiger charge is 2.09. The Kier molecular flexibility index (Phi) is 3.25. The zero-order valence-corrected chi connectivity index (χ0v) is 8.38. The lowest BCUT2D eigenvalue weighted by atomic mass is 10.0. The molecule has 0 saturated carbocycles. The Hall–Kier alpha value is -1.35. The van der Waals surface area contributed by atoms with Crippen LogP contribution in [0.15, 0.2) is 30.4 Å². The van der Waals surface area contributed by atoms with Crippen molar-refractivity contribution in [3.63, 3.8) is 0 Å². The predicted octanol–water partition coefficient (Wildman–Crippen LogP) is 2.41.